The molecule has 1 heterocycles. The van der Waals surface area contributed by atoms with E-state index in [0.29, 0.717) is 13.1 Å². The van der Waals surface area contributed by atoms with Gasteiger partial charge < -0.3 is 11.1 Å². The van der Waals surface area contributed by atoms with Crippen LogP contribution in [0.25, 0.3) is 0 Å². The molecule has 1 aliphatic rings. The van der Waals surface area contributed by atoms with E-state index in [1.54, 1.807) is 11.3 Å². The summed E-state index contributed by atoms with van der Waals surface area (Å²) < 4.78 is 0. The Morgan fingerprint density at radius 2 is 2.18 bits per heavy atom. The maximum atomic E-state index is 11.8. The first-order chi connectivity index (χ1) is 7.81. The summed E-state index contributed by atoms with van der Waals surface area (Å²) in [5, 5.41) is 2.90. The predicted octanol–water partition coefficient (Wildman–Crippen LogP) is 2.13. The number of thiophene rings is 1. The van der Waals surface area contributed by atoms with Gasteiger partial charge in [-0.2, -0.15) is 0 Å². The number of nitrogens with two attached hydrogens (primary N) is 1. The van der Waals surface area contributed by atoms with Crippen LogP contribution in [0.2, 0.25) is 0 Å². The highest BCUT2D eigenvalue weighted by Crippen LogP contribution is 2.29. The topological polar surface area (TPSA) is 55.1 Å². The maximum Gasteiger partial charge on any atom is 0.261 e. The lowest BCUT2D eigenvalue weighted by atomic mass is 9.99. The molecule has 3 N–H and O–H groups in total. The molecular formula is C12H19ClN2OS. The molecule has 0 spiro atoms. The highest BCUT2D eigenvalue weighted by molar-refractivity contribution is 7.14. The first kappa shape index (κ1) is 14.5. The van der Waals surface area contributed by atoms with Gasteiger partial charge in [0.1, 0.15) is 0 Å². The summed E-state index contributed by atoms with van der Waals surface area (Å²) in [7, 11) is 0. The second kappa shape index (κ2) is 6.99. The second-order valence-corrected chi connectivity index (χ2v) is 5.30. The summed E-state index contributed by atoms with van der Waals surface area (Å²) >= 11 is 1.66. The number of hydrogen-bond acceptors (Lipinski definition) is 3. The Labute approximate surface area is 112 Å². The maximum absolute atomic E-state index is 11.8. The van der Waals surface area contributed by atoms with Crippen LogP contribution < -0.4 is 11.1 Å². The molecule has 2 rings (SSSR count). The number of hydrogen-bond donors (Lipinski definition) is 2. The molecule has 1 aromatic heterocycles. The number of rotatable bonds is 4. The zero-order valence-corrected chi connectivity index (χ0v) is 11.5. The first-order valence-corrected chi connectivity index (χ1v) is 6.73. The Kier molecular flexibility index (Phi) is 5.95. The van der Waals surface area contributed by atoms with Gasteiger partial charge in [0.15, 0.2) is 0 Å². The van der Waals surface area contributed by atoms with Crippen molar-refractivity contribution in [2.75, 3.05) is 13.1 Å². The van der Waals surface area contributed by atoms with Crippen LogP contribution in [0.15, 0.2) is 6.07 Å². The summed E-state index contributed by atoms with van der Waals surface area (Å²) in [6.07, 6.45) is 5.66. The fourth-order valence-corrected chi connectivity index (χ4v) is 3.16. The number of carbonyl (C=O) groups excluding carboxylic acids is 1. The highest BCUT2D eigenvalue weighted by atomic mass is 35.5. The molecule has 0 aliphatic heterocycles. The van der Waals surface area contributed by atoms with Crippen LogP contribution in [0.4, 0.5) is 0 Å². The third kappa shape index (κ3) is 3.69. The van der Waals surface area contributed by atoms with Crippen molar-refractivity contribution in [3.8, 4) is 0 Å². The van der Waals surface area contributed by atoms with Crippen molar-refractivity contribution in [1.29, 1.82) is 0 Å². The van der Waals surface area contributed by atoms with E-state index in [0.717, 1.165) is 24.1 Å². The molecule has 0 saturated heterocycles. The molecule has 1 aromatic rings. The summed E-state index contributed by atoms with van der Waals surface area (Å²) in [6.45, 7) is 1.30. The van der Waals surface area contributed by atoms with Gasteiger partial charge in [-0.1, -0.05) is 0 Å². The minimum Gasteiger partial charge on any atom is -0.351 e. The Morgan fingerprint density at radius 1 is 1.41 bits per heavy atom. The van der Waals surface area contributed by atoms with Crippen LogP contribution in [-0.2, 0) is 12.8 Å². The molecule has 0 aromatic carbocycles. The third-order valence-electron chi connectivity index (χ3n) is 2.89. The summed E-state index contributed by atoms with van der Waals surface area (Å²) in [6, 6.07) is 2.07. The van der Waals surface area contributed by atoms with Crippen molar-refractivity contribution < 1.29 is 4.79 Å². The first-order valence-electron chi connectivity index (χ1n) is 5.91. The fourth-order valence-electron chi connectivity index (χ4n) is 1.99. The quantitative estimate of drug-likeness (QED) is 0.827. The molecule has 96 valence electrons. The van der Waals surface area contributed by atoms with Crippen LogP contribution in [0.5, 0.6) is 0 Å². The summed E-state index contributed by atoms with van der Waals surface area (Å²) in [5.41, 5.74) is 6.77. The minimum atomic E-state index is 0. The molecular weight excluding hydrogens is 256 g/mol. The third-order valence-corrected chi connectivity index (χ3v) is 4.12. The number of carbonyl (C=O) groups is 1. The van der Waals surface area contributed by atoms with Crippen molar-refractivity contribution in [3.05, 3.63) is 21.4 Å². The number of amides is 1. The molecule has 3 nitrogen and oxygen atoms in total. The van der Waals surface area contributed by atoms with Gasteiger partial charge in [0, 0.05) is 11.4 Å². The average Bonchev–Trinajstić information content (AvgIpc) is 2.73. The zero-order valence-electron chi connectivity index (χ0n) is 9.83. The monoisotopic (exact) mass is 274 g/mol. The largest absolute Gasteiger partial charge is 0.351 e. The van der Waals surface area contributed by atoms with Crippen LogP contribution in [0.1, 0.15) is 39.4 Å². The fraction of sp³-hybridized carbons (Fsp3) is 0.583. The van der Waals surface area contributed by atoms with E-state index in [2.05, 4.69) is 11.4 Å². The van der Waals surface area contributed by atoms with Crippen molar-refractivity contribution in [2.45, 2.75) is 32.1 Å². The smallest absolute Gasteiger partial charge is 0.261 e. The van der Waals surface area contributed by atoms with E-state index < -0.39 is 0 Å². The molecule has 0 fully saturated rings. The van der Waals surface area contributed by atoms with Crippen LogP contribution in [0, 0.1) is 0 Å². The molecule has 0 atom stereocenters. The number of nitrogens with one attached hydrogen (secondary N) is 1. The van der Waals surface area contributed by atoms with Gasteiger partial charge in [-0.05, 0) is 50.3 Å². The standard InChI is InChI=1S/C12H18N2OS.ClH/c13-6-3-7-14-12(15)11-8-9-4-1-2-5-10(9)16-11;/h8H,1-7,13H2,(H,14,15);1H. The predicted molar refractivity (Wildman–Crippen MR) is 74.2 cm³/mol. The van der Waals surface area contributed by atoms with Gasteiger partial charge in [-0.15, -0.1) is 23.7 Å². The Hall–Kier alpha value is -0.580. The van der Waals surface area contributed by atoms with Crippen LogP contribution in [0.3, 0.4) is 0 Å². The Bertz CT molecular complexity index is 355. The van der Waals surface area contributed by atoms with E-state index in [9.17, 15) is 4.79 Å². The van der Waals surface area contributed by atoms with Crippen molar-refractivity contribution in [3.63, 3.8) is 0 Å². The lowest BCUT2D eigenvalue weighted by Crippen LogP contribution is -2.25. The Morgan fingerprint density at radius 3 is 2.88 bits per heavy atom. The van der Waals surface area contributed by atoms with Gasteiger partial charge in [0.2, 0.25) is 0 Å². The van der Waals surface area contributed by atoms with Crippen LogP contribution in [-0.4, -0.2) is 19.0 Å². The number of halogens is 1. The molecule has 1 amide bonds. The minimum absolute atomic E-state index is 0. The van der Waals surface area contributed by atoms with Crippen LogP contribution >= 0.6 is 23.7 Å². The molecule has 1 aliphatic carbocycles. The van der Waals surface area contributed by atoms with E-state index in [1.807, 2.05) is 0 Å². The van der Waals surface area contributed by atoms with Gasteiger partial charge in [0.05, 0.1) is 4.88 Å². The van der Waals surface area contributed by atoms with E-state index in [-0.39, 0.29) is 18.3 Å². The van der Waals surface area contributed by atoms with E-state index >= 15 is 0 Å². The summed E-state index contributed by atoms with van der Waals surface area (Å²) in [5.74, 6) is 0.0628. The van der Waals surface area contributed by atoms with Crippen molar-refractivity contribution in [1.82, 2.24) is 5.32 Å². The summed E-state index contributed by atoms with van der Waals surface area (Å²) in [4.78, 5) is 14.1. The molecule has 0 radical (unpaired) electrons. The van der Waals surface area contributed by atoms with Gasteiger partial charge in [-0.25, -0.2) is 0 Å². The van der Waals surface area contributed by atoms with E-state index in [1.165, 1.54) is 23.3 Å². The second-order valence-electron chi connectivity index (χ2n) is 4.16. The lowest BCUT2D eigenvalue weighted by Gasteiger charge is -2.08. The molecule has 17 heavy (non-hydrogen) atoms. The number of fused-ring (bicyclic) bond motifs is 1. The lowest BCUT2D eigenvalue weighted by molar-refractivity contribution is 0.0957. The van der Waals surface area contributed by atoms with Gasteiger partial charge >= 0.3 is 0 Å². The van der Waals surface area contributed by atoms with E-state index in [4.69, 9.17) is 5.73 Å². The molecule has 0 bridgehead atoms. The van der Waals surface area contributed by atoms with Crippen molar-refractivity contribution in [2.24, 2.45) is 5.73 Å². The van der Waals surface area contributed by atoms with Crippen molar-refractivity contribution >= 4 is 29.7 Å². The normalized spacial score (nSPS) is 13.7. The average molecular weight is 275 g/mol. The zero-order chi connectivity index (χ0) is 11.4. The molecule has 5 heteroatoms. The number of aryl methyl sites for hydroxylation is 2. The Balaban J connectivity index is 0.00000144. The SMILES string of the molecule is Cl.NCCCNC(=O)c1cc2c(s1)CCCC2. The molecule has 0 unspecified atom stereocenters. The van der Waals surface area contributed by atoms with Gasteiger partial charge in [0.25, 0.3) is 5.91 Å². The highest BCUT2D eigenvalue weighted by Gasteiger charge is 2.16. The van der Waals surface area contributed by atoms with Gasteiger partial charge in [-0.3, -0.25) is 4.79 Å². The molecule has 0 saturated carbocycles.